The molecule has 1 aromatic heterocycles. The molecule has 0 bridgehead atoms. The normalized spacial score (nSPS) is 13.3. The number of hydrogen-bond donors (Lipinski definition) is 1. The van der Waals surface area contributed by atoms with Gasteiger partial charge in [0, 0.05) is 13.1 Å². The zero-order valence-corrected chi connectivity index (χ0v) is 15.2. The summed E-state index contributed by atoms with van der Waals surface area (Å²) >= 11 is 0. The van der Waals surface area contributed by atoms with E-state index in [1.54, 1.807) is 11.6 Å². The van der Waals surface area contributed by atoms with E-state index in [9.17, 15) is 4.79 Å². The van der Waals surface area contributed by atoms with Crippen molar-refractivity contribution in [2.45, 2.75) is 25.9 Å². The Hall–Kier alpha value is -2.11. The van der Waals surface area contributed by atoms with E-state index in [1.807, 2.05) is 49.4 Å². The maximum atomic E-state index is 12.6. The van der Waals surface area contributed by atoms with Crippen LogP contribution in [0.1, 0.15) is 37.2 Å². The zero-order chi connectivity index (χ0) is 16.4. The zero-order valence-electron chi connectivity index (χ0n) is 14.2. The summed E-state index contributed by atoms with van der Waals surface area (Å²) in [6.45, 7) is 4.08. The molecule has 0 fully saturated rings. The lowest BCUT2D eigenvalue weighted by Crippen LogP contribution is -2.31. The van der Waals surface area contributed by atoms with Gasteiger partial charge in [0.2, 0.25) is 0 Å². The van der Waals surface area contributed by atoms with Gasteiger partial charge in [-0.15, -0.1) is 0 Å². The van der Waals surface area contributed by atoms with E-state index in [0.717, 1.165) is 11.0 Å². The van der Waals surface area contributed by atoms with Crippen LogP contribution in [0, 0.1) is 0 Å². The molecule has 3 aromatic rings. The van der Waals surface area contributed by atoms with Crippen molar-refractivity contribution in [3.05, 3.63) is 76.2 Å². The molecule has 0 aliphatic rings. The highest BCUT2D eigenvalue weighted by molar-refractivity contribution is 7.59. The lowest BCUT2D eigenvalue weighted by Gasteiger charge is -2.20. The topological polar surface area (TPSA) is 46.9 Å². The Kier molecular flexibility index (Phi) is 5.80. The molecule has 1 N–H and O–H groups in total. The Bertz CT molecular complexity index is 877. The van der Waals surface area contributed by atoms with Gasteiger partial charge in [0.05, 0.1) is 17.1 Å². The van der Waals surface area contributed by atoms with Crippen molar-refractivity contribution in [3.8, 4) is 0 Å². The van der Waals surface area contributed by atoms with E-state index in [0.29, 0.717) is 5.69 Å². The molecule has 2 atom stereocenters. The van der Waals surface area contributed by atoms with Crippen LogP contribution < -0.4 is 10.9 Å². The third kappa shape index (κ3) is 3.52. The van der Waals surface area contributed by atoms with Crippen LogP contribution in [-0.4, -0.2) is 9.55 Å². The molecule has 0 aliphatic heterocycles. The van der Waals surface area contributed by atoms with E-state index in [-0.39, 0.29) is 31.1 Å². The van der Waals surface area contributed by atoms with Gasteiger partial charge in [-0.2, -0.15) is 13.5 Å². The summed E-state index contributed by atoms with van der Waals surface area (Å²) in [5, 5.41) is 3.47. The number of rotatable bonds is 4. The van der Waals surface area contributed by atoms with Crippen LogP contribution in [0.15, 0.2) is 59.4 Å². The summed E-state index contributed by atoms with van der Waals surface area (Å²) in [5.74, 6) is 0. The summed E-state index contributed by atoms with van der Waals surface area (Å²) < 4.78 is 1.67. The number of benzene rings is 2. The predicted octanol–water partition coefficient (Wildman–Crippen LogP) is 3.46. The van der Waals surface area contributed by atoms with Gasteiger partial charge in [-0.05, 0) is 31.5 Å². The van der Waals surface area contributed by atoms with Gasteiger partial charge in [-0.25, -0.2) is 4.98 Å². The number of aryl methyl sites for hydroxylation is 1. The fourth-order valence-corrected chi connectivity index (χ4v) is 2.88. The molecule has 0 radical (unpaired) electrons. The van der Waals surface area contributed by atoms with Crippen LogP contribution in [0.25, 0.3) is 11.0 Å². The van der Waals surface area contributed by atoms with Crippen molar-refractivity contribution < 1.29 is 0 Å². The molecule has 0 saturated carbocycles. The van der Waals surface area contributed by atoms with Gasteiger partial charge >= 0.3 is 0 Å². The van der Waals surface area contributed by atoms with Crippen molar-refractivity contribution >= 4 is 24.5 Å². The first-order chi connectivity index (χ1) is 11.1. The van der Waals surface area contributed by atoms with E-state index in [1.165, 1.54) is 5.56 Å². The van der Waals surface area contributed by atoms with Crippen molar-refractivity contribution in [2.24, 2.45) is 7.05 Å². The van der Waals surface area contributed by atoms with Crippen LogP contribution in [0.3, 0.4) is 0 Å². The molecule has 0 aliphatic carbocycles. The smallest absolute Gasteiger partial charge is 0.274 e. The van der Waals surface area contributed by atoms with Gasteiger partial charge in [-0.1, -0.05) is 42.5 Å². The van der Waals surface area contributed by atoms with Crippen molar-refractivity contribution in [1.29, 1.82) is 0 Å². The van der Waals surface area contributed by atoms with Crippen molar-refractivity contribution in [2.75, 3.05) is 0 Å². The number of fused-ring (bicyclic) bond motifs is 1. The average molecular weight is 341 g/mol. The monoisotopic (exact) mass is 341 g/mol. The van der Waals surface area contributed by atoms with Crippen LogP contribution in [0.4, 0.5) is 0 Å². The molecular weight excluding hydrogens is 318 g/mol. The Balaban J connectivity index is 0.00000208. The van der Waals surface area contributed by atoms with Crippen molar-refractivity contribution in [1.82, 2.24) is 14.9 Å². The first kappa shape index (κ1) is 18.2. The van der Waals surface area contributed by atoms with Gasteiger partial charge in [0.1, 0.15) is 5.69 Å². The molecule has 5 heteroatoms. The van der Waals surface area contributed by atoms with Gasteiger partial charge in [0.25, 0.3) is 5.56 Å². The predicted molar refractivity (Wildman–Crippen MR) is 104 cm³/mol. The fraction of sp³-hybridized carbons (Fsp3) is 0.263. The SMILES string of the molecule is CC(NC(C)c1nc2ccccc2n(C)c1=O)c1ccccc1.S. The molecule has 1 heterocycles. The molecule has 3 rings (SSSR count). The molecule has 24 heavy (non-hydrogen) atoms. The second-order valence-electron chi connectivity index (χ2n) is 5.87. The molecule has 4 nitrogen and oxygen atoms in total. The molecule has 2 aromatic carbocycles. The Morgan fingerprint density at radius 2 is 1.58 bits per heavy atom. The van der Waals surface area contributed by atoms with E-state index in [2.05, 4.69) is 29.4 Å². The number of hydrogen-bond acceptors (Lipinski definition) is 3. The maximum absolute atomic E-state index is 12.6. The Morgan fingerprint density at radius 1 is 0.958 bits per heavy atom. The summed E-state index contributed by atoms with van der Waals surface area (Å²) in [7, 11) is 1.79. The summed E-state index contributed by atoms with van der Waals surface area (Å²) in [4.78, 5) is 17.2. The molecule has 0 amide bonds. The van der Waals surface area contributed by atoms with Crippen LogP contribution in [-0.2, 0) is 7.05 Å². The van der Waals surface area contributed by atoms with E-state index < -0.39 is 0 Å². The minimum Gasteiger partial charge on any atom is -0.308 e. The first-order valence-corrected chi connectivity index (χ1v) is 7.84. The fourth-order valence-electron chi connectivity index (χ4n) is 2.88. The molecule has 2 unspecified atom stereocenters. The van der Waals surface area contributed by atoms with Crippen LogP contribution in [0.5, 0.6) is 0 Å². The highest BCUT2D eigenvalue weighted by Crippen LogP contribution is 2.18. The van der Waals surface area contributed by atoms with Crippen molar-refractivity contribution in [3.63, 3.8) is 0 Å². The Labute approximate surface area is 149 Å². The lowest BCUT2D eigenvalue weighted by atomic mass is 10.1. The highest BCUT2D eigenvalue weighted by atomic mass is 32.1. The molecule has 0 saturated heterocycles. The average Bonchev–Trinajstić information content (AvgIpc) is 2.58. The van der Waals surface area contributed by atoms with Gasteiger partial charge in [0.15, 0.2) is 0 Å². The summed E-state index contributed by atoms with van der Waals surface area (Å²) in [6, 6.07) is 17.9. The van der Waals surface area contributed by atoms with E-state index >= 15 is 0 Å². The van der Waals surface area contributed by atoms with Crippen LogP contribution in [0.2, 0.25) is 0 Å². The number of para-hydroxylation sites is 2. The third-order valence-electron chi connectivity index (χ3n) is 4.22. The molecular formula is C19H23N3OS. The van der Waals surface area contributed by atoms with E-state index in [4.69, 9.17) is 0 Å². The summed E-state index contributed by atoms with van der Waals surface area (Å²) in [5.41, 5.74) is 3.38. The number of nitrogens with zero attached hydrogens (tertiary/aromatic N) is 2. The minimum atomic E-state index is -0.131. The third-order valence-corrected chi connectivity index (χ3v) is 4.22. The van der Waals surface area contributed by atoms with Gasteiger partial charge < -0.3 is 9.88 Å². The number of nitrogens with one attached hydrogen (secondary N) is 1. The van der Waals surface area contributed by atoms with Gasteiger partial charge in [-0.3, -0.25) is 4.79 Å². The molecule has 0 spiro atoms. The minimum absolute atomic E-state index is 0. The largest absolute Gasteiger partial charge is 0.308 e. The molecule has 126 valence electrons. The maximum Gasteiger partial charge on any atom is 0.274 e. The second-order valence-corrected chi connectivity index (χ2v) is 5.87. The summed E-state index contributed by atoms with van der Waals surface area (Å²) in [6.07, 6.45) is 0. The standard InChI is InChI=1S/C19H21N3O.H2S/c1-13(15-9-5-4-6-10-15)20-14(2)18-19(23)22(3)17-12-8-7-11-16(17)21-18;/h4-14,20H,1-3H3;1H2. The number of aromatic nitrogens is 2. The lowest BCUT2D eigenvalue weighted by molar-refractivity contribution is 0.481. The van der Waals surface area contributed by atoms with Crippen LogP contribution >= 0.6 is 13.5 Å². The second kappa shape index (κ2) is 7.64. The highest BCUT2D eigenvalue weighted by Gasteiger charge is 2.17. The quantitative estimate of drug-likeness (QED) is 0.790. The Morgan fingerprint density at radius 3 is 2.29 bits per heavy atom. The first-order valence-electron chi connectivity index (χ1n) is 7.84.